The average molecular weight is 711 g/mol. The number of nitrogens with zero attached hydrogens (tertiary/aromatic N) is 3. The van der Waals surface area contributed by atoms with E-state index in [1.165, 1.54) is 4.68 Å². The molecule has 0 aliphatic heterocycles. The first kappa shape index (κ1) is 25.8. The van der Waals surface area contributed by atoms with Crippen LogP contribution in [0.15, 0.2) is 110 Å². The summed E-state index contributed by atoms with van der Waals surface area (Å²) in [5, 5.41) is 6.57. The van der Waals surface area contributed by atoms with Crippen LogP contribution in [0.25, 0.3) is 33.5 Å². The molecule has 0 spiro atoms. The molecular formula is C30H18BrClIN3O3. The highest BCUT2D eigenvalue weighted by Gasteiger charge is 2.16. The molecule has 9 heteroatoms. The van der Waals surface area contributed by atoms with Gasteiger partial charge in [-0.25, -0.2) is 4.98 Å². The predicted molar refractivity (Wildman–Crippen MR) is 167 cm³/mol. The summed E-state index contributed by atoms with van der Waals surface area (Å²) >= 11 is 12.0. The quantitative estimate of drug-likeness (QED) is 0.129. The largest absolute Gasteiger partial charge is 0.488 e. The standard InChI is InChI=1S/C30H18BrClIN3O3/c31-21-10-12-26-20(14-21)15-28(39-26)29-35-25-8-4-2-6-22(25)30(37)36(29)34-16-18-9-11-27(24(33)13-18)38-17-19-5-1-3-7-23(19)32/h1-16H,17H2. The number of para-hydroxylation sites is 1. The predicted octanol–water partition coefficient (Wildman–Crippen LogP) is 8.29. The molecule has 2 aromatic heterocycles. The Kier molecular flexibility index (Phi) is 7.24. The monoisotopic (exact) mass is 709 g/mol. The number of halogens is 3. The van der Waals surface area contributed by atoms with E-state index in [2.05, 4.69) is 43.6 Å². The smallest absolute Gasteiger partial charge is 0.282 e. The van der Waals surface area contributed by atoms with Crippen LogP contribution in [0.5, 0.6) is 5.75 Å². The third-order valence-corrected chi connectivity index (χ3v) is 7.78. The number of rotatable bonds is 6. The average Bonchev–Trinajstić information content (AvgIpc) is 3.36. The first-order chi connectivity index (χ1) is 19.0. The summed E-state index contributed by atoms with van der Waals surface area (Å²) in [4.78, 5) is 18.2. The van der Waals surface area contributed by atoms with Crippen LogP contribution in [0.1, 0.15) is 11.1 Å². The summed E-state index contributed by atoms with van der Waals surface area (Å²) in [6.45, 7) is 0.360. The van der Waals surface area contributed by atoms with E-state index in [0.717, 1.165) is 30.3 Å². The second kappa shape index (κ2) is 11.0. The van der Waals surface area contributed by atoms with E-state index < -0.39 is 0 Å². The Morgan fingerprint density at radius 2 is 1.85 bits per heavy atom. The van der Waals surface area contributed by atoms with Crippen molar-refractivity contribution < 1.29 is 9.15 Å². The zero-order valence-electron chi connectivity index (χ0n) is 20.1. The van der Waals surface area contributed by atoms with Gasteiger partial charge in [0.1, 0.15) is 17.9 Å². The van der Waals surface area contributed by atoms with Gasteiger partial charge in [0, 0.05) is 20.4 Å². The number of aromatic nitrogens is 2. The molecule has 0 amide bonds. The Hall–Kier alpha value is -3.47. The molecule has 0 unspecified atom stereocenters. The molecule has 6 rings (SSSR count). The van der Waals surface area contributed by atoms with E-state index in [1.807, 2.05) is 78.9 Å². The molecule has 0 saturated carbocycles. The number of fused-ring (bicyclic) bond motifs is 2. The van der Waals surface area contributed by atoms with Crippen LogP contribution < -0.4 is 10.3 Å². The minimum atomic E-state index is -0.289. The van der Waals surface area contributed by atoms with Crippen molar-refractivity contribution in [3.05, 3.63) is 126 Å². The van der Waals surface area contributed by atoms with Gasteiger partial charge in [0.05, 0.1) is 20.7 Å². The zero-order valence-corrected chi connectivity index (χ0v) is 24.6. The minimum Gasteiger partial charge on any atom is -0.488 e. The van der Waals surface area contributed by atoms with Gasteiger partial charge in [0.2, 0.25) is 5.82 Å². The van der Waals surface area contributed by atoms with Crippen molar-refractivity contribution >= 4 is 78.2 Å². The molecular weight excluding hydrogens is 693 g/mol. The Morgan fingerprint density at radius 1 is 1.03 bits per heavy atom. The van der Waals surface area contributed by atoms with Crippen molar-refractivity contribution in [1.29, 1.82) is 0 Å². The number of hydrogen-bond donors (Lipinski definition) is 0. The van der Waals surface area contributed by atoms with Gasteiger partial charge in [-0.05, 0) is 88.8 Å². The van der Waals surface area contributed by atoms with Crippen LogP contribution in [-0.2, 0) is 6.61 Å². The van der Waals surface area contributed by atoms with E-state index in [4.69, 9.17) is 25.7 Å². The lowest BCUT2D eigenvalue weighted by Crippen LogP contribution is -2.20. The van der Waals surface area contributed by atoms with Gasteiger partial charge in [-0.15, -0.1) is 0 Å². The third-order valence-electron chi connectivity index (χ3n) is 6.07. The van der Waals surface area contributed by atoms with Crippen molar-refractivity contribution in [1.82, 2.24) is 9.66 Å². The van der Waals surface area contributed by atoms with E-state index >= 15 is 0 Å². The summed E-state index contributed by atoms with van der Waals surface area (Å²) in [5.74, 6) is 1.49. The molecule has 0 aliphatic rings. The highest BCUT2D eigenvalue weighted by molar-refractivity contribution is 14.1. The maximum Gasteiger partial charge on any atom is 0.282 e. The SMILES string of the molecule is O=c1c2ccccc2nc(-c2cc3cc(Br)ccc3o2)n1N=Cc1ccc(OCc2ccccc2Cl)c(I)c1. The molecule has 0 saturated heterocycles. The molecule has 192 valence electrons. The molecule has 0 atom stereocenters. The number of ether oxygens (including phenoxy) is 1. The minimum absolute atomic E-state index is 0.289. The van der Waals surface area contributed by atoms with Gasteiger partial charge in [-0.2, -0.15) is 9.78 Å². The third kappa shape index (κ3) is 5.36. The number of hydrogen-bond acceptors (Lipinski definition) is 5. The Bertz CT molecular complexity index is 1950. The lowest BCUT2D eigenvalue weighted by molar-refractivity contribution is 0.304. The fourth-order valence-corrected chi connectivity index (χ4v) is 5.39. The van der Waals surface area contributed by atoms with Crippen molar-refractivity contribution in [2.24, 2.45) is 5.10 Å². The molecule has 0 aliphatic carbocycles. The van der Waals surface area contributed by atoms with Gasteiger partial charge in [0.25, 0.3) is 5.56 Å². The van der Waals surface area contributed by atoms with Crippen molar-refractivity contribution in [3.63, 3.8) is 0 Å². The zero-order chi connectivity index (χ0) is 26.9. The summed E-state index contributed by atoms with van der Waals surface area (Å²) in [7, 11) is 0. The second-order valence-corrected chi connectivity index (χ2v) is 11.2. The molecule has 6 nitrogen and oxygen atoms in total. The number of furan rings is 1. The van der Waals surface area contributed by atoms with Gasteiger partial charge in [0.15, 0.2) is 5.76 Å². The molecule has 0 radical (unpaired) electrons. The summed E-state index contributed by atoms with van der Waals surface area (Å²) in [6.07, 6.45) is 1.63. The van der Waals surface area contributed by atoms with Crippen molar-refractivity contribution in [3.8, 4) is 17.3 Å². The van der Waals surface area contributed by atoms with E-state index in [-0.39, 0.29) is 5.56 Å². The van der Waals surface area contributed by atoms with Crippen LogP contribution in [0.3, 0.4) is 0 Å². The molecule has 0 N–H and O–H groups in total. The Labute approximate surface area is 250 Å². The molecule has 4 aromatic carbocycles. The molecule has 2 heterocycles. The van der Waals surface area contributed by atoms with Crippen LogP contribution >= 0.6 is 50.1 Å². The first-order valence-corrected chi connectivity index (χ1v) is 14.1. The lowest BCUT2D eigenvalue weighted by atomic mass is 10.2. The molecule has 6 aromatic rings. The van der Waals surface area contributed by atoms with Crippen molar-refractivity contribution in [2.75, 3.05) is 0 Å². The van der Waals surface area contributed by atoms with E-state index in [9.17, 15) is 4.79 Å². The van der Waals surface area contributed by atoms with Crippen LogP contribution in [-0.4, -0.2) is 15.9 Å². The Morgan fingerprint density at radius 3 is 2.69 bits per heavy atom. The van der Waals surface area contributed by atoms with E-state index in [0.29, 0.717) is 39.7 Å². The summed E-state index contributed by atoms with van der Waals surface area (Å²) in [6, 6.07) is 28.1. The molecule has 39 heavy (non-hydrogen) atoms. The van der Waals surface area contributed by atoms with Gasteiger partial charge in [-0.3, -0.25) is 4.79 Å². The first-order valence-electron chi connectivity index (χ1n) is 11.9. The molecule has 0 bridgehead atoms. The maximum atomic E-state index is 13.5. The maximum absolute atomic E-state index is 13.5. The second-order valence-electron chi connectivity index (χ2n) is 8.68. The van der Waals surface area contributed by atoms with Gasteiger partial charge in [-0.1, -0.05) is 57.9 Å². The van der Waals surface area contributed by atoms with Gasteiger partial charge < -0.3 is 9.15 Å². The lowest BCUT2D eigenvalue weighted by Gasteiger charge is -2.10. The van der Waals surface area contributed by atoms with Crippen LogP contribution in [0.2, 0.25) is 5.02 Å². The van der Waals surface area contributed by atoms with E-state index in [1.54, 1.807) is 18.3 Å². The summed E-state index contributed by atoms with van der Waals surface area (Å²) < 4.78 is 15.2. The Balaban J connectivity index is 1.36. The fourth-order valence-electron chi connectivity index (χ4n) is 4.12. The topological polar surface area (TPSA) is 69.6 Å². The van der Waals surface area contributed by atoms with Gasteiger partial charge >= 0.3 is 0 Å². The highest BCUT2D eigenvalue weighted by Crippen LogP contribution is 2.29. The molecule has 0 fully saturated rings. The van der Waals surface area contributed by atoms with Crippen molar-refractivity contribution in [2.45, 2.75) is 6.61 Å². The fraction of sp³-hybridized carbons (Fsp3) is 0.0333. The normalized spacial score (nSPS) is 11.6. The summed E-state index contributed by atoms with van der Waals surface area (Å²) in [5.41, 5.74) is 2.68. The number of benzene rings is 4. The van der Waals surface area contributed by atoms with Crippen LogP contribution in [0.4, 0.5) is 0 Å². The van der Waals surface area contributed by atoms with Crippen LogP contribution in [0, 0.1) is 3.57 Å². The highest BCUT2D eigenvalue weighted by atomic mass is 127.